The van der Waals surface area contributed by atoms with Gasteiger partial charge in [-0.25, -0.2) is 0 Å². The average molecular weight is 336 g/mol. The maximum atomic E-state index is 10.3. The molecule has 1 aliphatic heterocycles. The summed E-state index contributed by atoms with van der Waals surface area (Å²) >= 11 is 3.32. The summed E-state index contributed by atoms with van der Waals surface area (Å²) in [4.78, 5) is 2.32. The summed E-state index contributed by atoms with van der Waals surface area (Å²) in [6, 6.07) is 5.61. The lowest BCUT2D eigenvalue weighted by atomic mass is 9.98. The minimum Gasteiger partial charge on any atom is -0.506 e. The second-order valence-corrected chi connectivity index (χ2v) is 5.69. The summed E-state index contributed by atoms with van der Waals surface area (Å²) in [6.45, 7) is 7.54. The number of hydrogen-bond acceptors (Lipinski definition) is 4. The van der Waals surface area contributed by atoms with Gasteiger partial charge in [-0.2, -0.15) is 5.26 Å². The first-order chi connectivity index (χ1) is 9.67. The Bertz CT molecular complexity index is 533. The molecule has 1 fully saturated rings. The third-order valence-corrected chi connectivity index (χ3v) is 4.17. The molecule has 1 atom stereocenters. The van der Waals surface area contributed by atoms with E-state index >= 15 is 0 Å². The van der Waals surface area contributed by atoms with Gasteiger partial charge in [-0.3, -0.25) is 4.90 Å². The number of hydrogen-bond donors (Lipinski definition) is 2. The van der Waals surface area contributed by atoms with Gasteiger partial charge < -0.3 is 10.4 Å². The van der Waals surface area contributed by atoms with Crippen molar-refractivity contribution in [3.8, 4) is 11.8 Å². The topological polar surface area (TPSA) is 59.3 Å². The third kappa shape index (κ3) is 3.21. The highest BCUT2D eigenvalue weighted by Crippen LogP contribution is 2.37. The zero-order valence-electron chi connectivity index (χ0n) is 11.3. The van der Waals surface area contributed by atoms with Crippen molar-refractivity contribution in [3.05, 3.63) is 40.4 Å². The first-order valence-corrected chi connectivity index (χ1v) is 7.45. The van der Waals surface area contributed by atoms with Gasteiger partial charge in [0.2, 0.25) is 0 Å². The quantitative estimate of drug-likeness (QED) is 0.830. The van der Waals surface area contributed by atoms with Gasteiger partial charge in [0, 0.05) is 37.8 Å². The molecule has 5 heteroatoms. The Kier molecular flexibility index (Phi) is 5.18. The van der Waals surface area contributed by atoms with Crippen LogP contribution in [0.1, 0.15) is 23.6 Å². The maximum absolute atomic E-state index is 10.3. The maximum Gasteiger partial charge on any atom is 0.134 e. The van der Waals surface area contributed by atoms with E-state index in [2.05, 4.69) is 38.8 Å². The molecule has 2 N–H and O–H groups in total. The van der Waals surface area contributed by atoms with E-state index in [1.807, 2.05) is 6.08 Å². The van der Waals surface area contributed by atoms with Crippen molar-refractivity contribution in [2.45, 2.75) is 12.5 Å². The van der Waals surface area contributed by atoms with Gasteiger partial charge in [0.15, 0.2) is 0 Å². The fourth-order valence-corrected chi connectivity index (χ4v) is 3.04. The number of rotatable bonds is 4. The molecular formula is C15H18BrN3O. The average Bonchev–Trinajstić information content (AvgIpc) is 2.48. The van der Waals surface area contributed by atoms with Crippen LogP contribution >= 0.6 is 15.9 Å². The predicted molar refractivity (Wildman–Crippen MR) is 82.5 cm³/mol. The molecule has 1 aliphatic rings. The van der Waals surface area contributed by atoms with Crippen molar-refractivity contribution < 1.29 is 5.11 Å². The third-order valence-electron chi connectivity index (χ3n) is 3.56. The summed E-state index contributed by atoms with van der Waals surface area (Å²) < 4.78 is 0.566. The fourth-order valence-electron chi connectivity index (χ4n) is 2.56. The number of halogens is 1. The largest absolute Gasteiger partial charge is 0.506 e. The van der Waals surface area contributed by atoms with Gasteiger partial charge in [0.05, 0.1) is 16.1 Å². The highest BCUT2D eigenvalue weighted by atomic mass is 79.9. The van der Waals surface area contributed by atoms with Gasteiger partial charge >= 0.3 is 0 Å². The molecule has 4 nitrogen and oxygen atoms in total. The van der Waals surface area contributed by atoms with Gasteiger partial charge in [-0.05, 0) is 34.5 Å². The van der Waals surface area contributed by atoms with E-state index in [0.29, 0.717) is 10.0 Å². The van der Waals surface area contributed by atoms with E-state index in [4.69, 9.17) is 5.26 Å². The van der Waals surface area contributed by atoms with E-state index < -0.39 is 0 Å². The van der Waals surface area contributed by atoms with Gasteiger partial charge in [-0.1, -0.05) is 6.08 Å². The molecule has 0 aliphatic carbocycles. The van der Waals surface area contributed by atoms with Crippen LogP contribution in [0.5, 0.6) is 5.75 Å². The minimum atomic E-state index is 0.0548. The second-order valence-electron chi connectivity index (χ2n) is 4.83. The highest BCUT2D eigenvalue weighted by Gasteiger charge is 2.24. The number of nitrogens with zero attached hydrogens (tertiary/aromatic N) is 2. The van der Waals surface area contributed by atoms with Crippen LogP contribution < -0.4 is 5.32 Å². The molecule has 0 saturated carbocycles. The van der Waals surface area contributed by atoms with Crippen LogP contribution in [0.4, 0.5) is 0 Å². The van der Waals surface area contributed by atoms with Gasteiger partial charge in [-0.15, -0.1) is 6.58 Å². The Labute approximate surface area is 127 Å². The standard InChI is InChI=1S/C15H18BrN3O/c1-2-3-14(19-6-4-18-5-7-19)12-8-11(10-17)9-13(16)15(12)20/h2,8-9,14,18,20H,1,3-7H2/t14-/m1/s1. The number of phenols is 1. The Morgan fingerprint density at radius 1 is 1.50 bits per heavy atom. The Morgan fingerprint density at radius 3 is 2.80 bits per heavy atom. The molecule has 0 spiro atoms. The molecular weight excluding hydrogens is 318 g/mol. The molecule has 0 bridgehead atoms. The lowest BCUT2D eigenvalue weighted by Crippen LogP contribution is -2.45. The molecule has 0 radical (unpaired) electrons. The zero-order chi connectivity index (χ0) is 14.5. The summed E-state index contributed by atoms with van der Waals surface area (Å²) in [6.07, 6.45) is 2.61. The predicted octanol–water partition coefficient (Wildman–Crippen LogP) is 2.55. The van der Waals surface area contributed by atoms with Gasteiger partial charge in [0.1, 0.15) is 5.75 Å². The van der Waals surface area contributed by atoms with E-state index in [0.717, 1.165) is 38.2 Å². The van der Waals surface area contributed by atoms with Crippen LogP contribution in [-0.4, -0.2) is 36.2 Å². The minimum absolute atomic E-state index is 0.0548. The van der Waals surface area contributed by atoms with E-state index in [9.17, 15) is 5.11 Å². The normalized spacial score (nSPS) is 17.4. The number of nitrogens with one attached hydrogen (secondary N) is 1. The molecule has 0 aromatic heterocycles. The summed E-state index contributed by atoms with van der Waals surface area (Å²) in [5.41, 5.74) is 1.34. The van der Waals surface area contributed by atoms with E-state index in [-0.39, 0.29) is 11.8 Å². The van der Waals surface area contributed by atoms with E-state index in [1.165, 1.54) is 0 Å². The molecule has 1 saturated heterocycles. The lowest BCUT2D eigenvalue weighted by Gasteiger charge is -2.35. The number of piperazine rings is 1. The first-order valence-electron chi connectivity index (χ1n) is 6.65. The highest BCUT2D eigenvalue weighted by molar-refractivity contribution is 9.10. The number of nitriles is 1. The van der Waals surface area contributed by atoms with Crippen LogP contribution in [0, 0.1) is 11.3 Å². The SMILES string of the molecule is C=CC[C@H](c1cc(C#N)cc(Br)c1O)N1CCNCC1. The first kappa shape index (κ1) is 15.0. The van der Waals surface area contributed by atoms with E-state index in [1.54, 1.807) is 12.1 Å². The molecule has 1 aromatic carbocycles. The second kappa shape index (κ2) is 6.89. The molecule has 0 unspecified atom stereocenters. The van der Waals surface area contributed by atoms with Crippen LogP contribution in [0.3, 0.4) is 0 Å². The number of benzene rings is 1. The lowest BCUT2D eigenvalue weighted by molar-refractivity contribution is 0.172. The van der Waals surface area contributed by atoms with Crippen molar-refractivity contribution in [2.24, 2.45) is 0 Å². The molecule has 20 heavy (non-hydrogen) atoms. The number of aromatic hydroxyl groups is 1. The van der Waals surface area contributed by atoms with Crippen molar-refractivity contribution in [3.63, 3.8) is 0 Å². The van der Waals surface area contributed by atoms with Gasteiger partial charge in [0.25, 0.3) is 0 Å². The van der Waals surface area contributed by atoms with Crippen LogP contribution in [0.15, 0.2) is 29.3 Å². The summed E-state index contributed by atoms with van der Waals surface area (Å²) in [5.74, 6) is 0.217. The molecule has 0 amide bonds. The monoisotopic (exact) mass is 335 g/mol. The van der Waals surface area contributed by atoms with Crippen molar-refractivity contribution in [1.82, 2.24) is 10.2 Å². The zero-order valence-corrected chi connectivity index (χ0v) is 12.9. The smallest absolute Gasteiger partial charge is 0.134 e. The van der Waals surface area contributed by atoms with Crippen LogP contribution in [-0.2, 0) is 0 Å². The fraction of sp³-hybridized carbons (Fsp3) is 0.400. The summed E-state index contributed by atoms with van der Waals surface area (Å²) in [5, 5.41) is 22.7. The van der Waals surface area contributed by atoms with Crippen molar-refractivity contribution >= 4 is 15.9 Å². The molecule has 1 heterocycles. The Morgan fingerprint density at radius 2 is 2.20 bits per heavy atom. The van der Waals surface area contributed by atoms with Crippen LogP contribution in [0.2, 0.25) is 0 Å². The number of phenolic OH excluding ortho intramolecular Hbond substituents is 1. The van der Waals surface area contributed by atoms with Crippen LogP contribution in [0.25, 0.3) is 0 Å². The summed E-state index contributed by atoms with van der Waals surface area (Å²) in [7, 11) is 0. The molecule has 2 rings (SSSR count). The Hall–Kier alpha value is -1.35. The Balaban J connectivity index is 2.40. The molecule has 106 valence electrons. The van der Waals surface area contributed by atoms with Crippen molar-refractivity contribution in [2.75, 3.05) is 26.2 Å². The molecule has 1 aromatic rings. The van der Waals surface area contributed by atoms with Crippen molar-refractivity contribution in [1.29, 1.82) is 5.26 Å².